The van der Waals surface area contributed by atoms with E-state index in [1.807, 2.05) is 16.7 Å². The van der Waals surface area contributed by atoms with E-state index in [0.29, 0.717) is 18.1 Å². The van der Waals surface area contributed by atoms with Crippen LogP contribution in [0.4, 0.5) is 0 Å². The summed E-state index contributed by atoms with van der Waals surface area (Å²) in [6.07, 6.45) is 6.02. The molecule has 3 rings (SSSR count). The molecule has 0 spiro atoms. The van der Waals surface area contributed by atoms with Crippen LogP contribution in [0.1, 0.15) is 68.4 Å². The van der Waals surface area contributed by atoms with Crippen LogP contribution in [0.3, 0.4) is 0 Å². The zero-order valence-electron chi connectivity index (χ0n) is 19.4. The van der Waals surface area contributed by atoms with E-state index in [0.717, 1.165) is 48.9 Å². The molecule has 1 amide bonds. The lowest BCUT2D eigenvalue weighted by molar-refractivity contribution is 0.0997. The fraction of sp³-hybridized carbons (Fsp3) is 0.520. The Morgan fingerprint density at radius 2 is 1.88 bits per heavy atom. The molecule has 1 aromatic carbocycles. The maximum absolute atomic E-state index is 12.6. The minimum atomic E-state index is -0.718. The number of ether oxygens (including phenoxy) is 2. The zero-order chi connectivity index (χ0) is 23.5. The Labute approximate surface area is 189 Å². The van der Waals surface area contributed by atoms with Crippen LogP contribution < -0.4 is 20.6 Å². The Balaban J connectivity index is 2.01. The van der Waals surface area contributed by atoms with Crippen molar-refractivity contribution >= 4 is 5.91 Å². The summed E-state index contributed by atoms with van der Waals surface area (Å²) < 4.78 is 13.6. The molecular formula is C25H34N2O5. The number of benzene rings is 1. The van der Waals surface area contributed by atoms with Crippen molar-refractivity contribution in [2.24, 2.45) is 11.1 Å². The first-order valence-electron chi connectivity index (χ1n) is 11.2. The highest BCUT2D eigenvalue weighted by Gasteiger charge is 2.34. The number of aliphatic hydroxyl groups is 1. The van der Waals surface area contributed by atoms with Crippen molar-refractivity contribution in [1.29, 1.82) is 0 Å². The molecule has 2 heterocycles. The van der Waals surface area contributed by atoms with Gasteiger partial charge in [-0.25, -0.2) is 0 Å². The average Bonchev–Trinajstić information content (AvgIpc) is 2.73. The molecule has 2 aromatic rings. The molecule has 0 bridgehead atoms. The van der Waals surface area contributed by atoms with E-state index in [1.54, 1.807) is 13.3 Å². The predicted molar refractivity (Wildman–Crippen MR) is 124 cm³/mol. The maximum atomic E-state index is 12.6. The number of fused-ring (bicyclic) bond motifs is 3. The van der Waals surface area contributed by atoms with Gasteiger partial charge in [-0.2, -0.15) is 0 Å². The van der Waals surface area contributed by atoms with Gasteiger partial charge in [0.25, 0.3) is 5.91 Å². The molecule has 1 aliphatic rings. The summed E-state index contributed by atoms with van der Waals surface area (Å²) in [5, 5.41) is 8.90. The highest BCUT2D eigenvalue weighted by atomic mass is 16.5. The molecule has 0 saturated heterocycles. The van der Waals surface area contributed by atoms with Crippen LogP contribution in [-0.4, -0.2) is 35.9 Å². The van der Waals surface area contributed by atoms with Gasteiger partial charge in [-0.1, -0.05) is 27.2 Å². The number of amides is 1. The normalized spacial score (nSPS) is 15.1. The van der Waals surface area contributed by atoms with Gasteiger partial charge in [0.2, 0.25) is 0 Å². The lowest BCUT2D eigenvalue weighted by atomic mass is 9.78. The molecule has 1 unspecified atom stereocenters. The predicted octanol–water partition coefficient (Wildman–Crippen LogP) is 3.70. The zero-order valence-corrected chi connectivity index (χ0v) is 19.4. The summed E-state index contributed by atoms with van der Waals surface area (Å²) >= 11 is 0. The standard InChI is InChI=1S/C25H34N2O5/c1-25(2,3)23-12-16-11-22(32-10-8-6-5-7-9-28)21(31-4)13-17(16)19-14-20(29)18(24(26)30)15-27(19)23/h11,13-15,23,28H,5-10,12H2,1-4H3,(H2,26,30). The van der Waals surface area contributed by atoms with E-state index in [9.17, 15) is 9.59 Å². The minimum absolute atomic E-state index is 0.000401. The van der Waals surface area contributed by atoms with Crippen LogP contribution in [0.2, 0.25) is 0 Å². The third kappa shape index (κ3) is 4.99. The van der Waals surface area contributed by atoms with Gasteiger partial charge < -0.3 is 24.9 Å². The van der Waals surface area contributed by atoms with Gasteiger partial charge in [0.1, 0.15) is 5.56 Å². The number of primary amides is 1. The van der Waals surface area contributed by atoms with E-state index in [-0.39, 0.29) is 29.1 Å². The summed E-state index contributed by atoms with van der Waals surface area (Å²) in [5.74, 6) is 0.570. The van der Waals surface area contributed by atoms with Gasteiger partial charge in [0, 0.05) is 30.5 Å². The van der Waals surface area contributed by atoms with Crippen molar-refractivity contribution in [3.05, 3.63) is 45.7 Å². The number of carbonyl (C=O) groups is 1. The third-order valence-electron chi connectivity index (χ3n) is 6.07. The van der Waals surface area contributed by atoms with Crippen molar-refractivity contribution in [2.45, 2.75) is 58.9 Å². The average molecular weight is 443 g/mol. The number of rotatable bonds is 9. The molecule has 7 heteroatoms. The molecule has 174 valence electrons. The monoisotopic (exact) mass is 442 g/mol. The third-order valence-corrected chi connectivity index (χ3v) is 6.07. The molecule has 0 saturated carbocycles. The smallest absolute Gasteiger partial charge is 0.254 e. The van der Waals surface area contributed by atoms with Crippen LogP contribution in [0, 0.1) is 5.41 Å². The number of nitrogens with two attached hydrogens (primary N) is 1. The molecule has 3 N–H and O–H groups in total. The Bertz CT molecular complexity index is 1040. The van der Waals surface area contributed by atoms with Crippen LogP contribution in [0.25, 0.3) is 11.3 Å². The summed E-state index contributed by atoms with van der Waals surface area (Å²) in [6, 6.07) is 5.45. The number of hydrogen-bond acceptors (Lipinski definition) is 5. The van der Waals surface area contributed by atoms with Gasteiger partial charge in [-0.05, 0) is 48.8 Å². The fourth-order valence-electron chi connectivity index (χ4n) is 4.27. The van der Waals surface area contributed by atoms with Crippen molar-refractivity contribution in [1.82, 2.24) is 4.57 Å². The highest BCUT2D eigenvalue weighted by Crippen LogP contribution is 2.45. The van der Waals surface area contributed by atoms with E-state index >= 15 is 0 Å². The Kier molecular flexibility index (Phi) is 7.29. The Morgan fingerprint density at radius 1 is 1.16 bits per heavy atom. The highest BCUT2D eigenvalue weighted by molar-refractivity contribution is 5.92. The first kappa shape index (κ1) is 23.9. The van der Waals surface area contributed by atoms with Crippen molar-refractivity contribution in [3.63, 3.8) is 0 Å². The molecule has 7 nitrogen and oxygen atoms in total. The number of aliphatic hydroxyl groups excluding tert-OH is 1. The minimum Gasteiger partial charge on any atom is -0.493 e. The van der Waals surface area contributed by atoms with Gasteiger partial charge in [0.05, 0.1) is 19.4 Å². The summed E-state index contributed by atoms with van der Waals surface area (Å²) in [7, 11) is 1.60. The van der Waals surface area contributed by atoms with Crippen LogP contribution in [-0.2, 0) is 6.42 Å². The molecule has 32 heavy (non-hydrogen) atoms. The fourth-order valence-corrected chi connectivity index (χ4v) is 4.27. The molecule has 1 aromatic heterocycles. The van der Waals surface area contributed by atoms with Crippen molar-refractivity contribution in [3.8, 4) is 22.8 Å². The number of carbonyl (C=O) groups excluding carboxylic acids is 1. The first-order valence-corrected chi connectivity index (χ1v) is 11.2. The quantitative estimate of drug-likeness (QED) is 0.577. The molecule has 0 radical (unpaired) electrons. The molecule has 1 aliphatic heterocycles. The number of methoxy groups -OCH3 is 1. The van der Waals surface area contributed by atoms with Crippen LogP contribution >= 0.6 is 0 Å². The van der Waals surface area contributed by atoms with Crippen LogP contribution in [0.15, 0.2) is 29.2 Å². The number of hydrogen-bond donors (Lipinski definition) is 2. The summed E-state index contributed by atoms with van der Waals surface area (Å²) in [4.78, 5) is 24.4. The van der Waals surface area contributed by atoms with Gasteiger partial charge in [-0.15, -0.1) is 0 Å². The first-order chi connectivity index (χ1) is 15.2. The van der Waals surface area contributed by atoms with Crippen molar-refractivity contribution in [2.75, 3.05) is 20.3 Å². The van der Waals surface area contributed by atoms with Gasteiger partial charge in [0.15, 0.2) is 16.9 Å². The van der Waals surface area contributed by atoms with E-state index in [2.05, 4.69) is 20.8 Å². The van der Waals surface area contributed by atoms with E-state index < -0.39 is 5.91 Å². The number of aromatic nitrogens is 1. The number of unbranched alkanes of at least 4 members (excludes halogenated alkanes) is 3. The lowest BCUT2D eigenvalue weighted by Crippen LogP contribution is -2.33. The molecular weight excluding hydrogens is 408 g/mol. The number of nitrogens with zero attached hydrogens (tertiary/aromatic N) is 1. The second kappa shape index (κ2) is 9.77. The second-order valence-corrected chi connectivity index (χ2v) is 9.44. The SMILES string of the molecule is COc1cc2c(cc1OCCCCCCO)CC(C(C)(C)C)n1cc(C(N)=O)c(=O)cc1-2. The van der Waals surface area contributed by atoms with Crippen LogP contribution in [0.5, 0.6) is 11.5 Å². The largest absolute Gasteiger partial charge is 0.493 e. The lowest BCUT2D eigenvalue weighted by Gasteiger charge is -2.39. The molecule has 1 atom stereocenters. The Hall–Kier alpha value is -2.80. The van der Waals surface area contributed by atoms with E-state index in [4.69, 9.17) is 20.3 Å². The Morgan fingerprint density at radius 3 is 2.50 bits per heavy atom. The summed E-state index contributed by atoms with van der Waals surface area (Å²) in [6.45, 7) is 7.21. The second-order valence-electron chi connectivity index (χ2n) is 9.44. The van der Waals surface area contributed by atoms with Gasteiger partial charge in [-0.3, -0.25) is 9.59 Å². The topological polar surface area (TPSA) is 104 Å². The van der Waals surface area contributed by atoms with Crippen molar-refractivity contribution < 1.29 is 19.4 Å². The molecule has 0 aliphatic carbocycles. The van der Waals surface area contributed by atoms with E-state index in [1.165, 1.54) is 6.07 Å². The number of pyridine rings is 1. The molecule has 0 fully saturated rings. The van der Waals surface area contributed by atoms with Gasteiger partial charge >= 0.3 is 0 Å². The summed E-state index contributed by atoms with van der Waals surface area (Å²) in [5.41, 5.74) is 7.66. The maximum Gasteiger partial charge on any atom is 0.254 e.